The molecule has 1 N–H and O–H groups in total. The molecule has 0 bridgehead atoms. The van der Waals surface area contributed by atoms with Gasteiger partial charge < -0.3 is 0 Å². The molecule has 0 unspecified atom stereocenters. The number of nitro groups is 1. The Morgan fingerprint density at radius 1 is 1.08 bits per heavy atom. The number of anilines is 1. The minimum Gasteiger partial charge on any atom is -0.258 e. The fourth-order valence-corrected chi connectivity index (χ4v) is 4.30. The van der Waals surface area contributed by atoms with Gasteiger partial charge in [-0.05, 0) is 19.1 Å². The van der Waals surface area contributed by atoms with E-state index in [-0.39, 0.29) is 15.7 Å². The molecule has 0 saturated carbocycles. The summed E-state index contributed by atoms with van der Waals surface area (Å²) in [6, 6.07) is 14.1. The Labute approximate surface area is 148 Å². The highest BCUT2D eigenvalue weighted by Crippen LogP contribution is 2.31. The lowest BCUT2D eigenvalue weighted by Gasteiger charge is -2.04. The average molecular weight is 375 g/mol. The highest BCUT2D eigenvalue weighted by atomic mass is 32.2. The molecular weight excluding hydrogens is 362 g/mol. The Morgan fingerprint density at radius 3 is 2.32 bits per heavy atom. The number of thiazole rings is 1. The standard InChI is InChI=1S/C16H13N3O4S2/c1-11-15(12-5-3-2-4-6-12)17-16(24-11)18-25(22,23)14-9-7-13(8-10-14)19(20)21/h2-10H,1H3,(H,17,18). The maximum absolute atomic E-state index is 12.4. The molecule has 7 nitrogen and oxygen atoms in total. The summed E-state index contributed by atoms with van der Waals surface area (Å²) in [6.07, 6.45) is 0. The first-order chi connectivity index (χ1) is 11.9. The molecule has 0 saturated heterocycles. The Hall–Kier alpha value is -2.78. The molecule has 0 atom stereocenters. The van der Waals surface area contributed by atoms with Gasteiger partial charge in [0, 0.05) is 22.6 Å². The number of nitrogens with one attached hydrogen (secondary N) is 1. The SMILES string of the molecule is Cc1sc(NS(=O)(=O)c2ccc([N+](=O)[O-])cc2)nc1-c1ccccc1. The minimum atomic E-state index is -3.87. The van der Waals surface area contributed by atoms with E-state index in [4.69, 9.17) is 0 Å². The number of hydrogen-bond donors (Lipinski definition) is 1. The second-order valence-corrected chi connectivity index (χ2v) is 8.03. The van der Waals surface area contributed by atoms with Gasteiger partial charge in [-0.25, -0.2) is 13.4 Å². The maximum Gasteiger partial charge on any atom is 0.269 e. The van der Waals surface area contributed by atoms with Crippen molar-refractivity contribution in [2.75, 3.05) is 4.72 Å². The summed E-state index contributed by atoms with van der Waals surface area (Å²) in [5.41, 5.74) is 1.44. The topological polar surface area (TPSA) is 102 Å². The third-order valence-corrected chi connectivity index (χ3v) is 5.79. The van der Waals surface area contributed by atoms with E-state index in [1.807, 2.05) is 37.3 Å². The van der Waals surface area contributed by atoms with Crippen molar-refractivity contribution >= 4 is 32.2 Å². The number of hydrogen-bond acceptors (Lipinski definition) is 6. The van der Waals surface area contributed by atoms with E-state index in [1.165, 1.54) is 23.5 Å². The Kier molecular flexibility index (Phi) is 4.51. The van der Waals surface area contributed by atoms with E-state index in [9.17, 15) is 18.5 Å². The summed E-state index contributed by atoms with van der Waals surface area (Å²) in [5, 5.41) is 10.9. The monoisotopic (exact) mass is 375 g/mol. The van der Waals surface area contributed by atoms with Crippen molar-refractivity contribution in [1.29, 1.82) is 0 Å². The van der Waals surface area contributed by atoms with Crippen LogP contribution in [0.15, 0.2) is 59.5 Å². The van der Waals surface area contributed by atoms with Crippen LogP contribution in [0.25, 0.3) is 11.3 Å². The van der Waals surface area contributed by atoms with E-state index in [1.54, 1.807) is 0 Å². The van der Waals surface area contributed by atoms with Gasteiger partial charge in [0.2, 0.25) is 0 Å². The van der Waals surface area contributed by atoms with Crippen LogP contribution in [0.5, 0.6) is 0 Å². The van der Waals surface area contributed by atoms with Gasteiger partial charge in [-0.15, -0.1) is 11.3 Å². The number of non-ortho nitro benzene ring substituents is 1. The van der Waals surface area contributed by atoms with Gasteiger partial charge in [-0.1, -0.05) is 30.3 Å². The molecule has 3 aromatic rings. The van der Waals surface area contributed by atoms with Crippen LogP contribution < -0.4 is 4.72 Å². The second-order valence-electron chi connectivity index (χ2n) is 5.15. The first kappa shape index (κ1) is 17.1. The van der Waals surface area contributed by atoms with Crippen molar-refractivity contribution in [3.05, 3.63) is 69.6 Å². The van der Waals surface area contributed by atoms with Crippen molar-refractivity contribution in [3.8, 4) is 11.3 Å². The number of aryl methyl sites for hydroxylation is 1. The van der Waals surface area contributed by atoms with Gasteiger partial charge >= 0.3 is 0 Å². The van der Waals surface area contributed by atoms with E-state index in [0.29, 0.717) is 5.69 Å². The summed E-state index contributed by atoms with van der Waals surface area (Å²) in [7, 11) is -3.87. The summed E-state index contributed by atoms with van der Waals surface area (Å²) in [6.45, 7) is 1.86. The molecule has 0 radical (unpaired) electrons. The van der Waals surface area contributed by atoms with Gasteiger partial charge in [0.25, 0.3) is 15.7 Å². The molecule has 1 aromatic heterocycles. The molecule has 0 amide bonds. The predicted molar refractivity (Wildman–Crippen MR) is 96.2 cm³/mol. The van der Waals surface area contributed by atoms with E-state index in [0.717, 1.165) is 22.6 Å². The molecule has 0 fully saturated rings. The summed E-state index contributed by atoms with van der Waals surface area (Å²) < 4.78 is 27.3. The third-order valence-electron chi connectivity index (χ3n) is 3.42. The number of benzene rings is 2. The average Bonchev–Trinajstić information content (AvgIpc) is 2.95. The van der Waals surface area contributed by atoms with Gasteiger partial charge in [0.15, 0.2) is 5.13 Å². The number of nitro benzene ring substituents is 1. The number of nitrogens with zero attached hydrogens (tertiary/aromatic N) is 2. The molecule has 0 aliphatic rings. The number of sulfonamides is 1. The quantitative estimate of drug-likeness (QED) is 0.539. The zero-order valence-corrected chi connectivity index (χ0v) is 14.7. The lowest BCUT2D eigenvalue weighted by molar-refractivity contribution is -0.384. The molecule has 25 heavy (non-hydrogen) atoms. The van der Waals surface area contributed by atoms with Crippen LogP contribution in [0.3, 0.4) is 0 Å². The first-order valence-corrected chi connectivity index (χ1v) is 9.47. The van der Waals surface area contributed by atoms with Gasteiger partial charge in [0.05, 0.1) is 15.5 Å². The molecule has 128 valence electrons. The molecule has 3 rings (SSSR count). The smallest absolute Gasteiger partial charge is 0.258 e. The van der Waals surface area contributed by atoms with Gasteiger partial charge in [-0.3, -0.25) is 14.8 Å². The van der Waals surface area contributed by atoms with E-state index >= 15 is 0 Å². The largest absolute Gasteiger partial charge is 0.269 e. The van der Waals surface area contributed by atoms with Crippen LogP contribution in [0.2, 0.25) is 0 Å². The van der Waals surface area contributed by atoms with Gasteiger partial charge in [-0.2, -0.15) is 0 Å². The number of aromatic nitrogens is 1. The third kappa shape index (κ3) is 3.67. The molecule has 0 aliphatic carbocycles. The highest BCUT2D eigenvalue weighted by Gasteiger charge is 2.19. The molecule has 2 aromatic carbocycles. The van der Waals surface area contributed by atoms with Crippen LogP contribution in [-0.4, -0.2) is 18.3 Å². The molecule has 0 spiro atoms. The lowest BCUT2D eigenvalue weighted by Crippen LogP contribution is -2.12. The van der Waals surface area contributed by atoms with Crippen LogP contribution in [-0.2, 0) is 10.0 Å². The first-order valence-electron chi connectivity index (χ1n) is 7.17. The summed E-state index contributed by atoms with van der Waals surface area (Å²) >= 11 is 1.23. The van der Waals surface area contributed by atoms with Crippen LogP contribution >= 0.6 is 11.3 Å². The van der Waals surface area contributed by atoms with Crippen molar-refractivity contribution in [2.45, 2.75) is 11.8 Å². The van der Waals surface area contributed by atoms with Gasteiger partial charge in [0.1, 0.15) is 0 Å². The fourth-order valence-electron chi connectivity index (χ4n) is 2.22. The molecule has 0 aliphatic heterocycles. The summed E-state index contributed by atoms with van der Waals surface area (Å²) in [5.74, 6) is 0. The predicted octanol–water partition coefficient (Wildman–Crippen LogP) is 3.83. The molecule has 9 heteroatoms. The van der Waals surface area contributed by atoms with Crippen molar-refractivity contribution < 1.29 is 13.3 Å². The second kappa shape index (κ2) is 6.61. The fraction of sp³-hybridized carbons (Fsp3) is 0.0625. The van der Waals surface area contributed by atoms with Crippen LogP contribution in [0.4, 0.5) is 10.8 Å². The van der Waals surface area contributed by atoms with Crippen LogP contribution in [0.1, 0.15) is 4.88 Å². The maximum atomic E-state index is 12.4. The highest BCUT2D eigenvalue weighted by molar-refractivity contribution is 7.93. The van der Waals surface area contributed by atoms with Crippen molar-refractivity contribution in [2.24, 2.45) is 0 Å². The zero-order valence-electron chi connectivity index (χ0n) is 13.0. The lowest BCUT2D eigenvalue weighted by atomic mass is 10.1. The normalized spacial score (nSPS) is 11.2. The summed E-state index contributed by atoms with van der Waals surface area (Å²) in [4.78, 5) is 15.3. The van der Waals surface area contributed by atoms with Crippen molar-refractivity contribution in [1.82, 2.24) is 4.98 Å². The van der Waals surface area contributed by atoms with E-state index in [2.05, 4.69) is 9.71 Å². The Bertz CT molecular complexity index is 1010. The Balaban J connectivity index is 1.88. The van der Waals surface area contributed by atoms with Crippen molar-refractivity contribution in [3.63, 3.8) is 0 Å². The molecule has 1 heterocycles. The van der Waals surface area contributed by atoms with E-state index < -0.39 is 14.9 Å². The Morgan fingerprint density at radius 2 is 1.72 bits per heavy atom. The molecular formula is C16H13N3O4S2. The minimum absolute atomic E-state index is 0.0628. The zero-order chi connectivity index (χ0) is 18.0. The van der Waals surface area contributed by atoms with Crippen LogP contribution in [0, 0.1) is 17.0 Å². The number of rotatable bonds is 5.